The number of nitrogens with zero attached hydrogens (tertiary/aromatic N) is 2. The molecule has 1 fully saturated rings. The number of aromatic hydroxyl groups is 2. The second-order valence-corrected chi connectivity index (χ2v) is 18.7. The first-order valence-electron chi connectivity index (χ1n) is 22.3. The first-order valence-corrected chi connectivity index (χ1v) is 23.1. The molecule has 0 aliphatic carbocycles. The van der Waals surface area contributed by atoms with Gasteiger partial charge in [-0.3, -0.25) is 19.2 Å². The van der Waals surface area contributed by atoms with Crippen LogP contribution in [0, 0.1) is 11.3 Å². The topological polar surface area (TPSA) is 195 Å². The van der Waals surface area contributed by atoms with Crippen molar-refractivity contribution in [3.05, 3.63) is 120 Å². The number of likely N-dealkylation sites (tertiary alicyclic amines) is 1. The molecule has 3 N–H and O–H groups in total. The Bertz CT molecular complexity index is 2600. The average Bonchev–Trinajstić information content (AvgIpc) is 4.08. The predicted octanol–water partition coefficient (Wildman–Crippen LogP) is 8.08. The van der Waals surface area contributed by atoms with Crippen LogP contribution in [0.3, 0.4) is 0 Å². The van der Waals surface area contributed by atoms with Gasteiger partial charge in [-0.2, -0.15) is 0 Å². The summed E-state index contributed by atoms with van der Waals surface area (Å²) in [6.45, 7) is 7.11. The van der Waals surface area contributed by atoms with Crippen molar-refractivity contribution in [1.29, 1.82) is 0 Å². The van der Waals surface area contributed by atoms with Crippen LogP contribution >= 0.6 is 11.3 Å². The van der Waals surface area contributed by atoms with Crippen molar-refractivity contribution in [2.24, 2.45) is 11.3 Å². The molecule has 3 heterocycles. The number of thiophene rings is 1. The number of β-amino-alcohol motifs (C(OH)–C–C–N with tert-alkyl or cyclic N) is 1. The first kappa shape index (κ1) is 48.7. The maximum Gasteiger partial charge on any atom is 0.227 e. The third-order valence-electron chi connectivity index (χ3n) is 11.7. The van der Waals surface area contributed by atoms with Gasteiger partial charge < -0.3 is 43.6 Å². The molecule has 3 atom stereocenters. The number of ether oxygens (including phenoxy) is 4. The molecule has 1 amide bonds. The predicted molar refractivity (Wildman–Crippen MR) is 252 cm³/mol. The Morgan fingerprint density at radius 3 is 2.15 bits per heavy atom. The van der Waals surface area contributed by atoms with E-state index in [1.54, 1.807) is 72.9 Å². The number of carbonyl (C=O) groups is 4. The molecule has 6 aromatic rings. The molecular weight excluding hydrogens is 877 g/mol. The lowest BCUT2D eigenvalue weighted by atomic mass is 9.76. The number of aromatic nitrogens is 1. The van der Waals surface area contributed by atoms with E-state index >= 15 is 0 Å². The lowest BCUT2D eigenvalue weighted by Crippen LogP contribution is -2.47. The standard InChI is InChI=1S/C52H56N2O12S/c1-52(2,3)43(51(61)54-30-39(57)27-44(54)45(59)19-6-33-4-7-34(8-5-33)46-29-53-32-66-46)26-40(58)31-64-23-22-62-20-21-63-24-25-65-41-16-11-35(12-17-41)49(60)48-42-18-15-38(56)28-47(42)67-50(48)36-9-13-37(55)14-10-36/h4-5,7-18,28-29,32,39,43-44,55-57H,6,19-27,30-31H2,1-3H3/t39-,43-,44+/m1/s1. The molecule has 4 aromatic carbocycles. The van der Waals surface area contributed by atoms with Crippen molar-refractivity contribution < 1.29 is 57.9 Å². The smallest absolute Gasteiger partial charge is 0.227 e. The maximum atomic E-state index is 14.0. The van der Waals surface area contributed by atoms with Gasteiger partial charge in [0.1, 0.15) is 30.5 Å². The summed E-state index contributed by atoms with van der Waals surface area (Å²) in [5.41, 5.74) is 3.03. The number of Topliss-reactive ketones (excluding diaryl/α,β-unsaturated/α-hetero) is 2. The van der Waals surface area contributed by atoms with Crippen LogP contribution < -0.4 is 4.74 Å². The van der Waals surface area contributed by atoms with Crippen LogP contribution in [0.1, 0.15) is 61.5 Å². The van der Waals surface area contributed by atoms with Crippen molar-refractivity contribution in [3.8, 4) is 39.0 Å². The van der Waals surface area contributed by atoms with Crippen molar-refractivity contribution in [1.82, 2.24) is 9.88 Å². The van der Waals surface area contributed by atoms with Gasteiger partial charge in [0, 0.05) is 63.4 Å². The number of ketones is 3. The number of amides is 1. The van der Waals surface area contributed by atoms with Gasteiger partial charge >= 0.3 is 0 Å². The van der Waals surface area contributed by atoms with E-state index in [2.05, 4.69) is 4.98 Å². The van der Waals surface area contributed by atoms with Gasteiger partial charge in [0.25, 0.3) is 0 Å². The monoisotopic (exact) mass is 932 g/mol. The molecule has 0 bridgehead atoms. The minimum absolute atomic E-state index is 0.0403. The Kier molecular flexibility index (Phi) is 16.4. The van der Waals surface area contributed by atoms with Gasteiger partial charge in [-0.05, 0) is 89.7 Å². The molecule has 0 radical (unpaired) electrons. The zero-order valence-corrected chi connectivity index (χ0v) is 38.7. The Morgan fingerprint density at radius 2 is 1.48 bits per heavy atom. The van der Waals surface area contributed by atoms with Gasteiger partial charge in [-0.25, -0.2) is 4.98 Å². The summed E-state index contributed by atoms with van der Waals surface area (Å²) in [5, 5.41) is 31.2. The number of rotatable bonds is 23. The highest BCUT2D eigenvalue weighted by molar-refractivity contribution is 7.22. The SMILES string of the molecule is CC(C)(C)[C@H](CC(=O)COCCOCCOCCOc1ccc(C(=O)c2c(-c3ccc(O)cc3)sc3cc(O)ccc23)cc1)C(=O)N1C[C@H](O)C[C@H]1C(=O)CCc1ccc(-c2cnco2)cc1. The quantitative estimate of drug-likeness (QED) is 0.0413. The minimum atomic E-state index is -0.826. The van der Waals surface area contributed by atoms with Gasteiger partial charge in [0.2, 0.25) is 5.91 Å². The summed E-state index contributed by atoms with van der Waals surface area (Å²) in [4.78, 5) is 60.6. The number of hydrogen-bond acceptors (Lipinski definition) is 14. The van der Waals surface area contributed by atoms with Gasteiger partial charge in [0.15, 0.2) is 29.5 Å². The molecule has 67 heavy (non-hydrogen) atoms. The molecule has 7 rings (SSSR count). The highest BCUT2D eigenvalue weighted by Gasteiger charge is 2.44. The molecule has 1 aliphatic rings. The van der Waals surface area contributed by atoms with Crippen molar-refractivity contribution in [2.75, 3.05) is 52.8 Å². The van der Waals surface area contributed by atoms with Crippen LogP contribution in [-0.2, 0) is 35.0 Å². The molecular formula is C52H56N2O12S. The number of aliphatic hydroxyl groups is 1. The fourth-order valence-electron chi connectivity index (χ4n) is 8.06. The molecule has 2 aromatic heterocycles. The van der Waals surface area contributed by atoms with E-state index in [-0.39, 0.29) is 87.0 Å². The Labute approximate surface area is 393 Å². The van der Waals surface area contributed by atoms with E-state index in [0.717, 1.165) is 31.7 Å². The summed E-state index contributed by atoms with van der Waals surface area (Å²) < 4.78 is 28.8. The summed E-state index contributed by atoms with van der Waals surface area (Å²) >= 11 is 1.40. The molecule has 1 saturated heterocycles. The summed E-state index contributed by atoms with van der Waals surface area (Å²) in [6, 6.07) is 25.4. The van der Waals surface area contributed by atoms with Crippen molar-refractivity contribution in [2.45, 2.75) is 58.6 Å². The summed E-state index contributed by atoms with van der Waals surface area (Å²) in [6.07, 6.45) is 2.96. The minimum Gasteiger partial charge on any atom is -0.508 e. The van der Waals surface area contributed by atoms with E-state index in [1.807, 2.05) is 45.0 Å². The fraction of sp³-hybridized carbons (Fsp3) is 0.365. The highest BCUT2D eigenvalue weighted by Crippen LogP contribution is 2.42. The second kappa shape index (κ2) is 22.5. The van der Waals surface area contributed by atoms with Gasteiger partial charge in [0.05, 0.1) is 51.4 Å². The largest absolute Gasteiger partial charge is 0.508 e. The van der Waals surface area contributed by atoms with Crippen LogP contribution in [0.2, 0.25) is 0 Å². The number of hydrogen-bond donors (Lipinski definition) is 3. The summed E-state index contributed by atoms with van der Waals surface area (Å²) in [5.74, 6) is -0.115. The zero-order chi connectivity index (χ0) is 47.5. The number of aryl methyl sites for hydroxylation is 1. The van der Waals surface area contributed by atoms with Crippen LogP contribution in [0.25, 0.3) is 31.9 Å². The Balaban J connectivity index is 0.779. The maximum absolute atomic E-state index is 14.0. The lowest BCUT2D eigenvalue weighted by Gasteiger charge is -2.34. The van der Waals surface area contributed by atoms with Gasteiger partial charge in [-0.15, -0.1) is 11.3 Å². The van der Waals surface area contributed by atoms with E-state index < -0.39 is 23.5 Å². The van der Waals surface area contributed by atoms with E-state index in [4.69, 9.17) is 23.4 Å². The molecule has 0 unspecified atom stereocenters. The normalized spacial score (nSPS) is 15.5. The number of benzene rings is 4. The van der Waals surface area contributed by atoms with Crippen LogP contribution in [0.4, 0.5) is 0 Å². The van der Waals surface area contributed by atoms with Gasteiger partial charge in [-0.1, -0.05) is 45.0 Å². The van der Waals surface area contributed by atoms with Crippen molar-refractivity contribution >= 4 is 44.7 Å². The molecule has 15 heteroatoms. The lowest BCUT2D eigenvalue weighted by molar-refractivity contribution is -0.146. The second-order valence-electron chi connectivity index (χ2n) is 17.6. The van der Waals surface area contributed by atoms with Crippen LogP contribution in [-0.4, -0.2) is 113 Å². The molecule has 14 nitrogen and oxygen atoms in total. The molecule has 1 aliphatic heterocycles. The summed E-state index contributed by atoms with van der Waals surface area (Å²) in [7, 11) is 0. The number of carbonyl (C=O) groups excluding carboxylic acids is 4. The average molecular weight is 933 g/mol. The zero-order valence-electron chi connectivity index (χ0n) is 37.9. The molecule has 352 valence electrons. The number of phenols is 2. The van der Waals surface area contributed by atoms with E-state index in [9.17, 15) is 34.5 Å². The Morgan fingerprint density at radius 1 is 0.821 bits per heavy atom. The third-order valence-corrected chi connectivity index (χ3v) is 12.9. The molecule has 0 saturated carbocycles. The third kappa shape index (κ3) is 12.8. The number of oxazole rings is 1. The highest BCUT2D eigenvalue weighted by atomic mass is 32.1. The first-order chi connectivity index (χ1) is 32.2. The number of fused-ring (bicyclic) bond motifs is 1. The van der Waals surface area contributed by atoms with Crippen LogP contribution in [0.15, 0.2) is 108 Å². The van der Waals surface area contributed by atoms with E-state index in [0.29, 0.717) is 48.9 Å². The number of phenolic OH excluding ortho intramolecular Hbond substituents is 2. The Hall–Kier alpha value is -6.23. The van der Waals surface area contributed by atoms with Crippen molar-refractivity contribution in [3.63, 3.8) is 0 Å². The fourth-order valence-corrected chi connectivity index (χ4v) is 9.30. The number of aliphatic hydroxyl groups excluding tert-OH is 1. The van der Waals surface area contributed by atoms with Crippen LogP contribution in [0.5, 0.6) is 17.2 Å². The van der Waals surface area contributed by atoms with E-state index in [1.165, 1.54) is 22.6 Å². The molecule has 0 spiro atoms.